The molecule has 2 aromatic rings. The summed E-state index contributed by atoms with van der Waals surface area (Å²) in [6.45, 7) is 16.1. The van der Waals surface area contributed by atoms with Gasteiger partial charge in [-0.3, -0.25) is 4.90 Å². The van der Waals surface area contributed by atoms with Crippen molar-refractivity contribution in [3.8, 4) is 5.75 Å². The van der Waals surface area contributed by atoms with E-state index in [1.807, 2.05) is 0 Å². The van der Waals surface area contributed by atoms with Crippen LogP contribution >= 0.6 is 0 Å². The highest BCUT2D eigenvalue weighted by molar-refractivity contribution is 6.78. The Kier molecular flexibility index (Phi) is 8.48. The average Bonchev–Trinajstić information content (AvgIpc) is 3.12. The number of piperidine rings is 1. The first-order chi connectivity index (χ1) is 17.1. The molecule has 2 unspecified atom stereocenters. The molecule has 2 bridgehead atoms. The molecular weight excluding hydrogens is 458 g/mol. The van der Waals surface area contributed by atoms with Crippen molar-refractivity contribution < 1.29 is 9.53 Å². The second-order valence-electron chi connectivity index (χ2n) is 12.1. The van der Waals surface area contributed by atoms with Gasteiger partial charge in [-0.25, -0.2) is 0 Å². The summed E-state index contributed by atoms with van der Waals surface area (Å²) in [5.74, 6) is 0.954. The van der Waals surface area contributed by atoms with Gasteiger partial charge in [-0.05, 0) is 72.5 Å². The van der Waals surface area contributed by atoms with E-state index in [0.717, 1.165) is 24.2 Å². The van der Waals surface area contributed by atoms with Gasteiger partial charge in [-0.1, -0.05) is 95.7 Å². The van der Waals surface area contributed by atoms with Gasteiger partial charge in [0.2, 0.25) is 0 Å². The van der Waals surface area contributed by atoms with Gasteiger partial charge < -0.3 is 9.53 Å². The largest absolute Gasteiger partial charge is 0.543 e. The summed E-state index contributed by atoms with van der Waals surface area (Å²) < 4.78 is 6.84. The number of hydrogen-bond acceptors (Lipinski definition) is 3. The minimum absolute atomic E-state index is 0.100. The third-order valence-corrected chi connectivity index (χ3v) is 15.0. The maximum absolute atomic E-state index is 11.4. The van der Waals surface area contributed by atoms with Gasteiger partial charge in [-0.15, -0.1) is 0 Å². The molecule has 0 saturated carbocycles. The highest BCUT2D eigenvalue weighted by Gasteiger charge is 2.47. The van der Waals surface area contributed by atoms with Gasteiger partial charge in [0.25, 0.3) is 8.32 Å². The fourth-order valence-electron chi connectivity index (χ4n) is 7.38. The first-order valence-corrected chi connectivity index (χ1v) is 16.3. The molecule has 36 heavy (non-hydrogen) atoms. The maximum Gasteiger partial charge on any atom is 0.258 e. The lowest BCUT2D eigenvalue weighted by atomic mass is 9.91. The minimum atomic E-state index is -1.98. The summed E-state index contributed by atoms with van der Waals surface area (Å²) in [5.41, 5.74) is 5.47. The Bertz CT molecular complexity index is 976. The fourth-order valence-corrected chi connectivity index (χ4v) is 12.6. The first kappa shape index (κ1) is 27.2. The van der Waals surface area contributed by atoms with Crippen molar-refractivity contribution in [3.63, 3.8) is 0 Å². The molecule has 2 aliphatic heterocycles. The van der Waals surface area contributed by atoms with Crippen molar-refractivity contribution in [2.45, 2.75) is 115 Å². The standard InChI is InChI=1S/C32H47NO2Si/c1-22(2)36(23(3)4,24(5)6)35-31-17-13-28(14-18-31)32(34)25(7)33-29-15-16-30(33)21-27(20-29)19-26-11-9-8-10-12-26/h8-14,17-19,22-25,29-30,32,34H,15-16,20-21H2,1-7H3/t25-,29?,30?,32-/m1/s1. The van der Waals surface area contributed by atoms with Crippen LogP contribution in [0.5, 0.6) is 5.75 Å². The van der Waals surface area contributed by atoms with Crippen LogP contribution in [0.15, 0.2) is 60.2 Å². The van der Waals surface area contributed by atoms with E-state index in [0.29, 0.717) is 28.7 Å². The zero-order valence-electron chi connectivity index (χ0n) is 23.4. The molecule has 4 atom stereocenters. The van der Waals surface area contributed by atoms with E-state index in [1.54, 1.807) is 5.57 Å². The molecule has 0 spiro atoms. The highest BCUT2D eigenvalue weighted by Crippen LogP contribution is 2.44. The SMILES string of the molecule is CC(C)[Si](Oc1ccc([C@H](O)[C@@H](C)N2C3CCC2CC(=Cc2ccccc2)C3)cc1)(C(C)C)C(C)C. The first-order valence-electron chi connectivity index (χ1n) is 14.1. The maximum atomic E-state index is 11.4. The van der Waals surface area contributed by atoms with E-state index in [4.69, 9.17) is 4.43 Å². The topological polar surface area (TPSA) is 32.7 Å². The summed E-state index contributed by atoms with van der Waals surface area (Å²) >= 11 is 0. The van der Waals surface area contributed by atoms with Crippen LogP contribution in [0, 0.1) is 0 Å². The van der Waals surface area contributed by atoms with Gasteiger partial charge in [-0.2, -0.15) is 0 Å². The average molecular weight is 506 g/mol. The quantitative estimate of drug-likeness (QED) is 0.347. The van der Waals surface area contributed by atoms with Crippen molar-refractivity contribution >= 4 is 14.4 Å². The van der Waals surface area contributed by atoms with Crippen LogP contribution < -0.4 is 4.43 Å². The van der Waals surface area contributed by atoms with Crippen LogP contribution in [-0.2, 0) is 0 Å². The number of nitrogens with zero attached hydrogens (tertiary/aromatic N) is 1. The molecule has 0 aliphatic carbocycles. The van der Waals surface area contributed by atoms with E-state index in [9.17, 15) is 5.11 Å². The monoisotopic (exact) mass is 505 g/mol. The number of aliphatic hydroxyl groups excluding tert-OH is 1. The number of fused-ring (bicyclic) bond motifs is 2. The third-order valence-electron chi connectivity index (χ3n) is 8.99. The van der Waals surface area contributed by atoms with Crippen molar-refractivity contribution in [1.29, 1.82) is 0 Å². The lowest BCUT2D eigenvalue weighted by Crippen LogP contribution is -2.50. The Morgan fingerprint density at radius 3 is 1.83 bits per heavy atom. The Balaban J connectivity index is 1.45. The van der Waals surface area contributed by atoms with Crippen LogP contribution in [0.2, 0.25) is 16.6 Å². The van der Waals surface area contributed by atoms with E-state index in [2.05, 4.69) is 114 Å². The summed E-state index contributed by atoms with van der Waals surface area (Å²) in [6.07, 6.45) is 6.57. The molecule has 2 heterocycles. The molecule has 0 radical (unpaired) electrons. The minimum Gasteiger partial charge on any atom is -0.543 e. The number of hydrogen-bond donors (Lipinski definition) is 1. The highest BCUT2D eigenvalue weighted by atomic mass is 28.4. The molecule has 0 aromatic heterocycles. The fraction of sp³-hybridized carbons (Fsp3) is 0.562. The number of aliphatic hydroxyl groups is 1. The van der Waals surface area contributed by atoms with Crippen LogP contribution in [0.4, 0.5) is 0 Å². The molecule has 2 aliphatic rings. The molecule has 196 valence electrons. The molecule has 2 aromatic carbocycles. The summed E-state index contributed by atoms with van der Waals surface area (Å²) in [5, 5.41) is 11.4. The summed E-state index contributed by atoms with van der Waals surface area (Å²) in [6, 6.07) is 20.2. The molecule has 2 saturated heterocycles. The van der Waals surface area contributed by atoms with E-state index < -0.39 is 14.4 Å². The van der Waals surface area contributed by atoms with Gasteiger partial charge in [0.1, 0.15) is 5.75 Å². The van der Waals surface area contributed by atoms with Gasteiger partial charge in [0, 0.05) is 18.1 Å². The second kappa shape index (κ2) is 11.2. The van der Waals surface area contributed by atoms with Gasteiger partial charge in [0.15, 0.2) is 0 Å². The zero-order chi connectivity index (χ0) is 26.0. The van der Waals surface area contributed by atoms with E-state index in [1.165, 1.54) is 18.4 Å². The third kappa shape index (κ3) is 5.37. The zero-order valence-corrected chi connectivity index (χ0v) is 24.4. The predicted octanol–water partition coefficient (Wildman–Crippen LogP) is 8.37. The van der Waals surface area contributed by atoms with Crippen molar-refractivity contribution in [1.82, 2.24) is 4.90 Å². The summed E-state index contributed by atoms with van der Waals surface area (Å²) in [7, 11) is -1.98. The molecule has 1 N–H and O–H groups in total. The molecule has 3 nitrogen and oxygen atoms in total. The van der Waals surface area contributed by atoms with E-state index in [-0.39, 0.29) is 6.04 Å². The van der Waals surface area contributed by atoms with Crippen LogP contribution in [0.25, 0.3) is 6.08 Å². The van der Waals surface area contributed by atoms with Crippen LogP contribution in [0.3, 0.4) is 0 Å². The molecular formula is C32H47NO2Si. The van der Waals surface area contributed by atoms with E-state index >= 15 is 0 Å². The Labute approximate surface area is 220 Å². The van der Waals surface area contributed by atoms with Crippen LogP contribution in [0.1, 0.15) is 91.4 Å². The van der Waals surface area contributed by atoms with Crippen molar-refractivity contribution in [2.75, 3.05) is 0 Å². The van der Waals surface area contributed by atoms with Crippen molar-refractivity contribution in [3.05, 3.63) is 71.3 Å². The van der Waals surface area contributed by atoms with Crippen molar-refractivity contribution in [2.24, 2.45) is 0 Å². The second-order valence-corrected chi connectivity index (χ2v) is 17.5. The smallest absolute Gasteiger partial charge is 0.258 e. The number of benzene rings is 2. The Morgan fingerprint density at radius 1 is 0.806 bits per heavy atom. The number of rotatable bonds is 9. The van der Waals surface area contributed by atoms with Gasteiger partial charge >= 0.3 is 0 Å². The Hall–Kier alpha value is -1.88. The lowest BCUT2D eigenvalue weighted by Gasteiger charge is -2.43. The Morgan fingerprint density at radius 2 is 1.33 bits per heavy atom. The molecule has 0 amide bonds. The van der Waals surface area contributed by atoms with Crippen LogP contribution in [-0.4, -0.2) is 36.4 Å². The van der Waals surface area contributed by atoms with Gasteiger partial charge in [0.05, 0.1) is 6.10 Å². The predicted molar refractivity (Wildman–Crippen MR) is 155 cm³/mol. The molecule has 2 fully saturated rings. The normalized spacial score (nSPS) is 22.4. The molecule has 4 heteroatoms. The molecule has 4 rings (SSSR count). The lowest BCUT2D eigenvalue weighted by molar-refractivity contribution is 0.0195. The summed E-state index contributed by atoms with van der Waals surface area (Å²) in [4.78, 5) is 2.62.